The minimum Gasteiger partial charge on any atom is -0.478 e. The van der Waals surface area contributed by atoms with Crippen LogP contribution in [-0.4, -0.2) is 39.3 Å². The zero-order valence-electron chi connectivity index (χ0n) is 10.7. The molecule has 0 saturated carbocycles. The van der Waals surface area contributed by atoms with Gasteiger partial charge in [-0.05, 0) is 31.9 Å². The van der Waals surface area contributed by atoms with Crippen LogP contribution in [0.5, 0.6) is 0 Å². The lowest BCUT2D eigenvalue weighted by atomic mass is 9.92. The molecular formula is C13H15N3O3. The van der Waals surface area contributed by atoms with E-state index in [1.54, 1.807) is 22.9 Å². The maximum absolute atomic E-state index is 11.4. The summed E-state index contributed by atoms with van der Waals surface area (Å²) in [7, 11) is 0. The zero-order chi connectivity index (χ0) is 13.5. The molecule has 1 N–H and O–H groups in total. The molecule has 3 rings (SSSR count). The van der Waals surface area contributed by atoms with E-state index in [4.69, 9.17) is 4.74 Å². The molecule has 0 radical (unpaired) electrons. The fraction of sp³-hybridized carbons (Fsp3) is 0.462. The first kappa shape index (κ1) is 12.1. The Labute approximate surface area is 110 Å². The third-order valence-electron chi connectivity index (χ3n) is 3.78. The third-order valence-corrected chi connectivity index (χ3v) is 3.78. The molecule has 1 saturated heterocycles. The van der Waals surface area contributed by atoms with E-state index in [-0.39, 0.29) is 11.1 Å². The van der Waals surface area contributed by atoms with Gasteiger partial charge in [0, 0.05) is 13.2 Å². The highest BCUT2D eigenvalue weighted by Gasteiger charge is 2.33. The number of nitrogens with zero attached hydrogens (tertiary/aromatic N) is 3. The van der Waals surface area contributed by atoms with Crippen LogP contribution in [0.25, 0.3) is 11.0 Å². The first-order chi connectivity index (χ1) is 9.12. The number of fused-ring (bicyclic) bond motifs is 1. The lowest BCUT2D eigenvalue weighted by molar-refractivity contribution is 0.0252. The Morgan fingerprint density at radius 3 is 2.84 bits per heavy atom. The average molecular weight is 261 g/mol. The maximum atomic E-state index is 11.4. The highest BCUT2D eigenvalue weighted by molar-refractivity contribution is 6.00. The third kappa shape index (κ3) is 1.88. The van der Waals surface area contributed by atoms with Crippen LogP contribution in [0.3, 0.4) is 0 Å². The van der Waals surface area contributed by atoms with Crippen molar-refractivity contribution >= 4 is 17.0 Å². The van der Waals surface area contributed by atoms with Crippen LogP contribution >= 0.6 is 0 Å². The molecular weight excluding hydrogens is 246 g/mol. The summed E-state index contributed by atoms with van der Waals surface area (Å²) in [4.78, 5) is 11.4. The molecule has 2 aromatic rings. The Morgan fingerprint density at radius 1 is 1.42 bits per heavy atom. The van der Waals surface area contributed by atoms with Gasteiger partial charge < -0.3 is 9.84 Å². The summed E-state index contributed by atoms with van der Waals surface area (Å²) >= 11 is 0. The number of ether oxygens (including phenoxy) is 1. The van der Waals surface area contributed by atoms with Crippen molar-refractivity contribution in [2.45, 2.75) is 25.3 Å². The van der Waals surface area contributed by atoms with Gasteiger partial charge in [-0.2, -0.15) is 0 Å². The lowest BCUT2D eigenvalue weighted by Crippen LogP contribution is -2.37. The first-order valence-electron chi connectivity index (χ1n) is 6.28. The Kier molecular flexibility index (Phi) is 2.74. The SMILES string of the molecule is CC1(n2nnc3cccc(C(=O)O)c32)CCOCC1. The van der Waals surface area contributed by atoms with Crippen LogP contribution in [0.4, 0.5) is 0 Å². The van der Waals surface area contributed by atoms with Gasteiger partial charge in [-0.25, -0.2) is 9.48 Å². The lowest BCUT2D eigenvalue weighted by Gasteiger charge is -2.34. The summed E-state index contributed by atoms with van der Waals surface area (Å²) in [6.45, 7) is 3.39. The maximum Gasteiger partial charge on any atom is 0.337 e. The van der Waals surface area contributed by atoms with Crippen molar-refractivity contribution in [3.05, 3.63) is 23.8 Å². The van der Waals surface area contributed by atoms with E-state index in [9.17, 15) is 9.90 Å². The second-order valence-electron chi connectivity index (χ2n) is 5.09. The van der Waals surface area contributed by atoms with Crippen molar-refractivity contribution < 1.29 is 14.6 Å². The number of carboxylic acids is 1. The van der Waals surface area contributed by atoms with Gasteiger partial charge in [0.05, 0.1) is 11.1 Å². The second-order valence-corrected chi connectivity index (χ2v) is 5.09. The highest BCUT2D eigenvalue weighted by atomic mass is 16.5. The standard InChI is InChI=1S/C13H15N3O3/c1-13(5-7-19-8-6-13)16-11-9(12(17)18)3-2-4-10(11)14-15-16/h2-4H,5-8H2,1H3,(H,17,18). The number of para-hydroxylation sites is 1. The summed E-state index contributed by atoms with van der Waals surface area (Å²) in [6.07, 6.45) is 1.61. The number of carbonyl (C=O) groups is 1. The number of rotatable bonds is 2. The molecule has 1 aliphatic rings. The summed E-state index contributed by atoms with van der Waals surface area (Å²) < 4.78 is 7.13. The predicted molar refractivity (Wildman–Crippen MR) is 68.2 cm³/mol. The Morgan fingerprint density at radius 2 is 2.16 bits per heavy atom. The van der Waals surface area contributed by atoms with E-state index >= 15 is 0 Å². The zero-order valence-corrected chi connectivity index (χ0v) is 10.7. The quantitative estimate of drug-likeness (QED) is 0.889. The normalized spacial score (nSPS) is 18.6. The second kappa shape index (κ2) is 4.31. The van der Waals surface area contributed by atoms with Crippen molar-refractivity contribution in [1.29, 1.82) is 0 Å². The van der Waals surface area contributed by atoms with Crippen molar-refractivity contribution in [1.82, 2.24) is 15.0 Å². The molecule has 6 heteroatoms. The molecule has 6 nitrogen and oxygen atoms in total. The molecule has 1 aromatic carbocycles. The minimum atomic E-state index is -0.954. The smallest absolute Gasteiger partial charge is 0.337 e. The number of benzene rings is 1. The summed E-state index contributed by atoms with van der Waals surface area (Å²) in [5.41, 5.74) is 1.22. The van der Waals surface area contributed by atoms with Gasteiger partial charge in [-0.3, -0.25) is 0 Å². The van der Waals surface area contributed by atoms with Crippen LogP contribution < -0.4 is 0 Å². The van der Waals surface area contributed by atoms with E-state index in [0.29, 0.717) is 24.2 Å². The van der Waals surface area contributed by atoms with Crippen LogP contribution in [0, 0.1) is 0 Å². The molecule has 0 aliphatic carbocycles. The van der Waals surface area contributed by atoms with Crippen LogP contribution in [-0.2, 0) is 10.3 Å². The molecule has 0 amide bonds. The van der Waals surface area contributed by atoms with E-state index in [2.05, 4.69) is 17.2 Å². The topological polar surface area (TPSA) is 77.2 Å². The number of carboxylic acid groups (broad SMARTS) is 1. The molecule has 2 heterocycles. The molecule has 0 bridgehead atoms. The Balaban J connectivity index is 2.21. The average Bonchev–Trinajstić information content (AvgIpc) is 2.83. The molecule has 0 spiro atoms. The van der Waals surface area contributed by atoms with Gasteiger partial charge in [0.25, 0.3) is 0 Å². The van der Waals surface area contributed by atoms with Crippen molar-refractivity contribution in [2.75, 3.05) is 13.2 Å². The fourth-order valence-corrected chi connectivity index (χ4v) is 2.55. The van der Waals surface area contributed by atoms with Gasteiger partial charge in [0.15, 0.2) is 0 Å². The van der Waals surface area contributed by atoms with Crippen molar-refractivity contribution in [3.63, 3.8) is 0 Å². The van der Waals surface area contributed by atoms with Crippen LogP contribution in [0.2, 0.25) is 0 Å². The summed E-state index contributed by atoms with van der Waals surface area (Å²) in [5, 5.41) is 17.6. The Bertz CT molecular complexity index is 629. The molecule has 1 aliphatic heterocycles. The predicted octanol–water partition coefficient (Wildman–Crippen LogP) is 1.66. The monoisotopic (exact) mass is 261 g/mol. The van der Waals surface area contributed by atoms with Gasteiger partial charge in [0.2, 0.25) is 0 Å². The van der Waals surface area contributed by atoms with Crippen LogP contribution in [0.15, 0.2) is 18.2 Å². The van der Waals surface area contributed by atoms with Gasteiger partial charge in [0.1, 0.15) is 11.0 Å². The molecule has 1 aromatic heterocycles. The summed E-state index contributed by atoms with van der Waals surface area (Å²) in [5.74, 6) is -0.954. The van der Waals surface area contributed by atoms with E-state index in [1.807, 2.05) is 0 Å². The highest BCUT2D eigenvalue weighted by Crippen LogP contribution is 2.31. The van der Waals surface area contributed by atoms with Crippen LogP contribution in [0.1, 0.15) is 30.1 Å². The summed E-state index contributed by atoms with van der Waals surface area (Å²) in [6, 6.07) is 5.07. The van der Waals surface area contributed by atoms with E-state index in [1.165, 1.54) is 0 Å². The molecule has 19 heavy (non-hydrogen) atoms. The van der Waals surface area contributed by atoms with Crippen molar-refractivity contribution in [3.8, 4) is 0 Å². The first-order valence-corrected chi connectivity index (χ1v) is 6.28. The Hall–Kier alpha value is -1.95. The van der Waals surface area contributed by atoms with Gasteiger partial charge >= 0.3 is 5.97 Å². The largest absolute Gasteiger partial charge is 0.478 e. The number of aromatic carboxylic acids is 1. The number of hydrogen-bond acceptors (Lipinski definition) is 4. The number of hydrogen-bond donors (Lipinski definition) is 1. The molecule has 0 atom stereocenters. The molecule has 1 fully saturated rings. The van der Waals surface area contributed by atoms with Gasteiger partial charge in [-0.15, -0.1) is 5.10 Å². The molecule has 100 valence electrons. The number of aromatic nitrogens is 3. The van der Waals surface area contributed by atoms with Gasteiger partial charge in [-0.1, -0.05) is 11.3 Å². The molecule has 0 unspecified atom stereocenters. The minimum absolute atomic E-state index is 0.238. The fourth-order valence-electron chi connectivity index (χ4n) is 2.55. The van der Waals surface area contributed by atoms with E-state index in [0.717, 1.165) is 12.8 Å². The van der Waals surface area contributed by atoms with E-state index < -0.39 is 5.97 Å². The van der Waals surface area contributed by atoms with Crippen molar-refractivity contribution in [2.24, 2.45) is 0 Å².